The Morgan fingerprint density at radius 3 is 2.76 bits per heavy atom. The van der Waals surface area contributed by atoms with E-state index in [1.807, 2.05) is 25.2 Å². The summed E-state index contributed by atoms with van der Waals surface area (Å²) in [6.45, 7) is 6.29. The predicted octanol–water partition coefficient (Wildman–Crippen LogP) is 3.87. The Morgan fingerprint density at radius 2 is 2.03 bits per heavy atom. The second kappa shape index (κ2) is 9.63. The average molecular weight is 400 g/mol. The van der Waals surface area contributed by atoms with Gasteiger partial charge in [-0.2, -0.15) is 0 Å². The first kappa shape index (κ1) is 20.2. The molecule has 0 aliphatic carbocycles. The van der Waals surface area contributed by atoms with Crippen LogP contribution in [0, 0.1) is 6.92 Å². The maximum absolute atomic E-state index is 6.14. The molecule has 2 aromatic rings. The number of furan rings is 1. The maximum atomic E-state index is 6.14. The SMILES string of the molecule is CN=C(NCc1oc2ccccc2c1C)N1CCC(OCC2CCCCO2)CC1. The molecular formula is C23H33N3O3. The van der Waals surface area contributed by atoms with Crippen LogP contribution in [0.15, 0.2) is 33.7 Å². The van der Waals surface area contributed by atoms with Crippen LogP contribution in [0.5, 0.6) is 0 Å². The summed E-state index contributed by atoms with van der Waals surface area (Å²) in [6.07, 6.45) is 6.26. The van der Waals surface area contributed by atoms with Crippen molar-refractivity contribution in [1.82, 2.24) is 10.2 Å². The lowest BCUT2D eigenvalue weighted by Crippen LogP contribution is -2.47. The second-order valence-corrected chi connectivity index (χ2v) is 8.06. The fraction of sp³-hybridized carbons (Fsp3) is 0.609. The summed E-state index contributed by atoms with van der Waals surface area (Å²) in [4.78, 5) is 6.80. The summed E-state index contributed by atoms with van der Waals surface area (Å²) >= 11 is 0. The van der Waals surface area contributed by atoms with Gasteiger partial charge in [-0.05, 0) is 45.1 Å². The highest BCUT2D eigenvalue weighted by Crippen LogP contribution is 2.25. The molecule has 3 heterocycles. The Labute approximate surface area is 173 Å². The zero-order chi connectivity index (χ0) is 20.1. The number of rotatable bonds is 5. The number of hydrogen-bond acceptors (Lipinski definition) is 4. The largest absolute Gasteiger partial charge is 0.459 e. The number of likely N-dealkylation sites (tertiary alicyclic amines) is 1. The van der Waals surface area contributed by atoms with Gasteiger partial charge in [0.15, 0.2) is 5.96 Å². The fourth-order valence-electron chi connectivity index (χ4n) is 4.30. The van der Waals surface area contributed by atoms with Crippen LogP contribution < -0.4 is 5.32 Å². The summed E-state index contributed by atoms with van der Waals surface area (Å²) in [5.74, 6) is 1.90. The van der Waals surface area contributed by atoms with Gasteiger partial charge in [-0.3, -0.25) is 4.99 Å². The maximum Gasteiger partial charge on any atom is 0.194 e. The second-order valence-electron chi connectivity index (χ2n) is 8.06. The summed E-state index contributed by atoms with van der Waals surface area (Å²) in [5, 5.41) is 4.66. The molecule has 6 nitrogen and oxygen atoms in total. The number of nitrogens with one attached hydrogen (secondary N) is 1. The van der Waals surface area contributed by atoms with Gasteiger partial charge in [0.25, 0.3) is 0 Å². The average Bonchev–Trinajstić information content (AvgIpc) is 3.10. The van der Waals surface area contributed by atoms with Crippen LogP contribution in [0.1, 0.15) is 43.4 Å². The number of hydrogen-bond donors (Lipinski definition) is 1. The fourth-order valence-corrected chi connectivity index (χ4v) is 4.30. The van der Waals surface area contributed by atoms with Gasteiger partial charge in [0.05, 0.1) is 25.4 Å². The number of benzene rings is 1. The molecule has 0 saturated carbocycles. The molecule has 4 rings (SSSR count). The lowest BCUT2D eigenvalue weighted by atomic mass is 10.1. The number of para-hydroxylation sites is 1. The monoisotopic (exact) mass is 399 g/mol. The minimum absolute atomic E-state index is 0.295. The summed E-state index contributed by atoms with van der Waals surface area (Å²) in [5.41, 5.74) is 2.14. The zero-order valence-electron chi connectivity index (χ0n) is 17.7. The zero-order valence-corrected chi connectivity index (χ0v) is 17.7. The van der Waals surface area contributed by atoms with E-state index in [0.717, 1.165) is 62.9 Å². The van der Waals surface area contributed by atoms with E-state index in [2.05, 4.69) is 28.2 Å². The number of fused-ring (bicyclic) bond motifs is 1. The third kappa shape index (κ3) is 4.93. The Morgan fingerprint density at radius 1 is 1.21 bits per heavy atom. The summed E-state index contributed by atoms with van der Waals surface area (Å²) in [6, 6.07) is 8.18. The number of piperidine rings is 1. The molecular weight excluding hydrogens is 366 g/mol. The van der Waals surface area contributed by atoms with Gasteiger partial charge in [-0.1, -0.05) is 18.2 Å². The summed E-state index contributed by atoms with van der Waals surface area (Å²) < 4.78 is 17.9. The molecule has 1 unspecified atom stereocenters. The molecule has 0 spiro atoms. The Bertz CT molecular complexity index is 818. The minimum atomic E-state index is 0.295. The first-order valence-corrected chi connectivity index (χ1v) is 10.9. The molecule has 2 aliphatic rings. The van der Waals surface area contributed by atoms with Gasteiger partial charge in [0.1, 0.15) is 11.3 Å². The van der Waals surface area contributed by atoms with Crippen molar-refractivity contribution in [2.24, 2.45) is 4.99 Å². The standard InChI is InChI=1S/C23H33N3O3/c1-17-20-8-3-4-9-21(20)29-22(17)15-25-23(24-2)26-12-10-18(11-13-26)28-16-19-7-5-6-14-27-19/h3-4,8-9,18-19H,5-7,10-16H2,1-2H3,(H,24,25). The number of aryl methyl sites for hydroxylation is 1. The number of aliphatic imine (C=N–C) groups is 1. The third-order valence-corrected chi connectivity index (χ3v) is 6.09. The molecule has 2 fully saturated rings. The van der Waals surface area contributed by atoms with Crippen LogP contribution in [-0.4, -0.2) is 56.4 Å². The van der Waals surface area contributed by atoms with Crippen molar-refractivity contribution in [1.29, 1.82) is 0 Å². The molecule has 29 heavy (non-hydrogen) atoms. The molecule has 2 aliphatic heterocycles. The van der Waals surface area contributed by atoms with Crippen LogP contribution in [0.3, 0.4) is 0 Å². The van der Waals surface area contributed by atoms with Gasteiger partial charge < -0.3 is 24.1 Å². The molecule has 1 aromatic carbocycles. The molecule has 0 radical (unpaired) electrons. The van der Waals surface area contributed by atoms with Gasteiger partial charge >= 0.3 is 0 Å². The van der Waals surface area contributed by atoms with E-state index in [0.29, 0.717) is 18.8 Å². The Kier molecular flexibility index (Phi) is 6.72. The molecule has 6 heteroatoms. The normalized spacial score (nSPS) is 21.7. The van der Waals surface area contributed by atoms with Crippen molar-refractivity contribution < 1.29 is 13.9 Å². The highest BCUT2D eigenvalue weighted by molar-refractivity contribution is 5.83. The van der Waals surface area contributed by atoms with Crippen molar-refractivity contribution in [2.75, 3.05) is 33.4 Å². The first-order chi connectivity index (χ1) is 14.2. The minimum Gasteiger partial charge on any atom is -0.459 e. The lowest BCUT2D eigenvalue weighted by molar-refractivity contribution is -0.0721. The van der Waals surface area contributed by atoms with Crippen molar-refractivity contribution in [3.05, 3.63) is 35.6 Å². The van der Waals surface area contributed by atoms with Crippen molar-refractivity contribution in [3.63, 3.8) is 0 Å². The number of ether oxygens (including phenoxy) is 2. The lowest BCUT2D eigenvalue weighted by Gasteiger charge is -2.35. The smallest absolute Gasteiger partial charge is 0.194 e. The highest BCUT2D eigenvalue weighted by atomic mass is 16.5. The van der Waals surface area contributed by atoms with E-state index in [9.17, 15) is 0 Å². The molecule has 1 aromatic heterocycles. The number of nitrogens with zero attached hydrogens (tertiary/aromatic N) is 2. The van der Waals surface area contributed by atoms with Gasteiger partial charge in [0.2, 0.25) is 0 Å². The van der Waals surface area contributed by atoms with Crippen molar-refractivity contribution in [3.8, 4) is 0 Å². The van der Waals surface area contributed by atoms with Crippen LogP contribution in [-0.2, 0) is 16.0 Å². The van der Waals surface area contributed by atoms with E-state index in [1.165, 1.54) is 23.8 Å². The molecule has 2 saturated heterocycles. The van der Waals surface area contributed by atoms with E-state index >= 15 is 0 Å². The van der Waals surface area contributed by atoms with Crippen LogP contribution in [0.4, 0.5) is 0 Å². The molecule has 0 bridgehead atoms. The van der Waals surface area contributed by atoms with Crippen molar-refractivity contribution >= 4 is 16.9 Å². The van der Waals surface area contributed by atoms with Crippen molar-refractivity contribution in [2.45, 2.75) is 57.8 Å². The highest BCUT2D eigenvalue weighted by Gasteiger charge is 2.24. The van der Waals surface area contributed by atoms with Crippen LogP contribution >= 0.6 is 0 Å². The predicted molar refractivity (Wildman–Crippen MR) is 115 cm³/mol. The Hall–Kier alpha value is -2.05. The molecule has 1 atom stereocenters. The van der Waals surface area contributed by atoms with Crippen LogP contribution in [0.25, 0.3) is 11.0 Å². The van der Waals surface area contributed by atoms with Gasteiger partial charge in [0, 0.05) is 37.7 Å². The first-order valence-electron chi connectivity index (χ1n) is 10.9. The topological polar surface area (TPSA) is 59.2 Å². The quantitative estimate of drug-likeness (QED) is 0.611. The van der Waals surface area contributed by atoms with E-state index in [1.54, 1.807) is 0 Å². The summed E-state index contributed by atoms with van der Waals surface area (Å²) in [7, 11) is 1.84. The Balaban J connectivity index is 1.25. The van der Waals surface area contributed by atoms with E-state index < -0.39 is 0 Å². The van der Waals surface area contributed by atoms with Crippen LogP contribution in [0.2, 0.25) is 0 Å². The van der Waals surface area contributed by atoms with Gasteiger partial charge in [-0.25, -0.2) is 0 Å². The molecule has 1 N–H and O–H groups in total. The van der Waals surface area contributed by atoms with E-state index in [4.69, 9.17) is 13.9 Å². The third-order valence-electron chi connectivity index (χ3n) is 6.09. The molecule has 158 valence electrons. The number of guanidine groups is 1. The molecule has 0 amide bonds. The van der Waals surface area contributed by atoms with E-state index in [-0.39, 0.29) is 0 Å². The van der Waals surface area contributed by atoms with Gasteiger partial charge in [-0.15, -0.1) is 0 Å².